The van der Waals surface area contributed by atoms with Gasteiger partial charge in [-0.2, -0.15) is 0 Å². The average molecular weight is 374 g/mol. The summed E-state index contributed by atoms with van der Waals surface area (Å²) in [6.07, 6.45) is 13.9. The maximum absolute atomic E-state index is 11.4. The molecule has 1 spiro atoms. The number of hydroxylamine groups is 1. The number of aromatic nitrogens is 2. The third-order valence-corrected chi connectivity index (χ3v) is 6.81. The van der Waals surface area contributed by atoms with Crippen LogP contribution in [0.5, 0.6) is 0 Å². The SMILES string of the molecule is O=C(NO)c1cnc(N2CCC3(CC2)CN(CCC2CCCCC2)C3)nc1. The lowest BCUT2D eigenvalue weighted by Crippen LogP contribution is -2.60. The number of carbonyl (C=O) groups excluding carboxylic acids is 1. The van der Waals surface area contributed by atoms with Crippen molar-refractivity contribution in [1.29, 1.82) is 0 Å². The molecule has 2 saturated heterocycles. The van der Waals surface area contributed by atoms with Crippen LogP contribution < -0.4 is 10.4 Å². The zero-order valence-corrected chi connectivity index (χ0v) is 16.1. The lowest BCUT2D eigenvalue weighted by Gasteiger charge is -2.54. The molecule has 4 rings (SSSR count). The number of rotatable bonds is 5. The minimum atomic E-state index is -0.582. The van der Waals surface area contributed by atoms with Crippen molar-refractivity contribution in [3.63, 3.8) is 0 Å². The Balaban J connectivity index is 1.21. The number of anilines is 1. The van der Waals surface area contributed by atoms with E-state index in [9.17, 15) is 4.79 Å². The Kier molecular flexibility index (Phi) is 5.59. The first-order valence-corrected chi connectivity index (χ1v) is 10.4. The number of hydrogen-bond donors (Lipinski definition) is 2. The lowest BCUT2D eigenvalue weighted by molar-refractivity contribution is -0.0220. The fourth-order valence-corrected chi connectivity index (χ4v) is 5.07. The van der Waals surface area contributed by atoms with E-state index < -0.39 is 5.91 Å². The smallest absolute Gasteiger partial charge is 0.277 e. The van der Waals surface area contributed by atoms with Crippen molar-refractivity contribution in [3.8, 4) is 0 Å². The number of piperidine rings is 1. The van der Waals surface area contributed by atoms with Crippen molar-refractivity contribution in [2.45, 2.75) is 51.4 Å². The number of carbonyl (C=O) groups is 1. The molecule has 2 N–H and O–H groups in total. The summed E-state index contributed by atoms with van der Waals surface area (Å²) in [5, 5.41) is 8.66. The maximum Gasteiger partial charge on any atom is 0.277 e. The average Bonchev–Trinajstić information content (AvgIpc) is 2.71. The molecule has 1 aromatic heterocycles. The molecule has 7 heteroatoms. The Labute approximate surface area is 161 Å². The van der Waals surface area contributed by atoms with Crippen LogP contribution in [0.3, 0.4) is 0 Å². The molecule has 0 radical (unpaired) electrons. The predicted molar refractivity (Wildman–Crippen MR) is 103 cm³/mol. The van der Waals surface area contributed by atoms with E-state index in [1.165, 1.54) is 83.4 Å². The van der Waals surface area contributed by atoms with E-state index in [0.717, 1.165) is 19.0 Å². The molecule has 3 aliphatic rings. The van der Waals surface area contributed by atoms with Gasteiger partial charge < -0.3 is 9.80 Å². The summed E-state index contributed by atoms with van der Waals surface area (Å²) in [6, 6.07) is 0. The fraction of sp³-hybridized carbons (Fsp3) is 0.750. The van der Waals surface area contributed by atoms with Gasteiger partial charge in [-0.1, -0.05) is 32.1 Å². The molecular formula is C20H31N5O2. The summed E-state index contributed by atoms with van der Waals surface area (Å²) in [7, 11) is 0. The molecular weight excluding hydrogens is 342 g/mol. The molecule has 3 heterocycles. The number of hydrogen-bond acceptors (Lipinski definition) is 6. The van der Waals surface area contributed by atoms with Crippen LogP contribution in [0.1, 0.15) is 61.7 Å². The first kappa shape index (κ1) is 18.6. The molecule has 148 valence electrons. The predicted octanol–water partition coefficient (Wildman–Crippen LogP) is 2.47. The van der Waals surface area contributed by atoms with Gasteiger partial charge in [-0.05, 0) is 37.1 Å². The Hall–Kier alpha value is -1.73. The third-order valence-electron chi connectivity index (χ3n) is 6.81. The Morgan fingerprint density at radius 1 is 1.15 bits per heavy atom. The maximum atomic E-state index is 11.4. The first-order chi connectivity index (χ1) is 13.2. The molecule has 3 fully saturated rings. The highest BCUT2D eigenvalue weighted by molar-refractivity contribution is 5.92. The second kappa shape index (κ2) is 8.10. The van der Waals surface area contributed by atoms with Gasteiger partial charge in [0.1, 0.15) is 0 Å². The molecule has 1 aliphatic carbocycles. The number of nitrogens with zero attached hydrogens (tertiary/aromatic N) is 4. The van der Waals surface area contributed by atoms with Gasteiger partial charge in [0.05, 0.1) is 5.56 Å². The summed E-state index contributed by atoms with van der Waals surface area (Å²) >= 11 is 0. The van der Waals surface area contributed by atoms with E-state index in [1.54, 1.807) is 5.48 Å². The lowest BCUT2D eigenvalue weighted by atomic mass is 9.71. The normalized spacial score (nSPS) is 23.2. The van der Waals surface area contributed by atoms with Gasteiger partial charge in [-0.15, -0.1) is 0 Å². The molecule has 0 unspecified atom stereocenters. The zero-order valence-electron chi connectivity index (χ0n) is 16.1. The quantitative estimate of drug-likeness (QED) is 0.610. The molecule has 27 heavy (non-hydrogen) atoms. The van der Waals surface area contributed by atoms with Crippen molar-refractivity contribution in [1.82, 2.24) is 20.3 Å². The van der Waals surface area contributed by atoms with Crippen molar-refractivity contribution in [2.24, 2.45) is 11.3 Å². The Bertz CT molecular complexity index is 628. The summed E-state index contributed by atoms with van der Waals surface area (Å²) in [5.41, 5.74) is 2.37. The van der Waals surface area contributed by atoms with Gasteiger partial charge in [0.15, 0.2) is 0 Å². The third kappa shape index (κ3) is 4.24. The first-order valence-electron chi connectivity index (χ1n) is 10.4. The molecule has 1 amide bonds. The van der Waals surface area contributed by atoms with Crippen LogP contribution in [0.2, 0.25) is 0 Å². The molecule has 2 aliphatic heterocycles. The van der Waals surface area contributed by atoms with E-state index in [4.69, 9.17) is 5.21 Å². The van der Waals surface area contributed by atoms with Crippen molar-refractivity contribution in [2.75, 3.05) is 37.6 Å². The van der Waals surface area contributed by atoms with E-state index in [0.29, 0.717) is 11.4 Å². The van der Waals surface area contributed by atoms with Gasteiger partial charge in [0.25, 0.3) is 5.91 Å². The molecule has 1 saturated carbocycles. The molecule has 1 aromatic rings. The Morgan fingerprint density at radius 2 is 1.81 bits per heavy atom. The van der Waals surface area contributed by atoms with E-state index in [-0.39, 0.29) is 5.56 Å². The zero-order chi connectivity index (χ0) is 18.7. The van der Waals surface area contributed by atoms with E-state index in [1.807, 2.05) is 0 Å². The van der Waals surface area contributed by atoms with Gasteiger partial charge in [0, 0.05) is 38.6 Å². The van der Waals surface area contributed by atoms with Crippen LogP contribution in [-0.2, 0) is 0 Å². The highest BCUT2D eigenvalue weighted by Gasteiger charge is 2.44. The molecule has 7 nitrogen and oxygen atoms in total. The van der Waals surface area contributed by atoms with Gasteiger partial charge in [-0.3, -0.25) is 10.0 Å². The van der Waals surface area contributed by atoms with Crippen LogP contribution in [0.25, 0.3) is 0 Å². The molecule has 0 aromatic carbocycles. The minimum absolute atomic E-state index is 0.266. The van der Waals surface area contributed by atoms with Gasteiger partial charge in [0.2, 0.25) is 5.95 Å². The van der Waals surface area contributed by atoms with Crippen LogP contribution in [-0.4, -0.2) is 58.7 Å². The topological polar surface area (TPSA) is 81.6 Å². The second-order valence-electron chi connectivity index (χ2n) is 8.70. The highest BCUT2D eigenvalue weighted by atomic mass is 16.5. The van der Waals surface area contributed by atoms with Crippen LogP contribution in [0.15, 0.2) is 12.4 Å². The minimum Gasteiger partial charge on any atom is -0.341 e. The largest absolute Gasteiger partial charge is 0.341 e. The van der Waals surface area contributed by atoms with Crippen LogP contribution in [0, 0.1) is 11.3 Å². The van der Waals surface area contributed by atoms with Gasteiger partial charge >= 0.3 is 0 Å². The second-order valence-corrected chi connectivity index (χ2v) is 8.70. The standard InChI is InChI=1S/C20H31N5O2/c26-18(23-27)17-12-21-19(22-13-17)25-10-7-20(8-11-25)14-24(15-20)9-6-16-4-2-1-3-5-16/h12-13,16,27H,1-11,14-15H2,(H,23,26). The summed E-state index contributed by atoms with van der Waals surface area (Å²) in [6.45, 7) is 5.74. The van der Waals surface area contributed by atoms with E-state index in [2.05, 4.69) is 19.8 Å². The monoisotopic (exact) mass is 373 g/mol. The van der Waals surface area contributed by atoms with Crippen molar-refractivity contribution >= 4 is 11.9 Å². The van der Waals surface area contributed by atoms with Crippen LogP contribution >= 0.6 is 0 Å². The van der Waals surface area contributed by atoms with E-state index >= 15 is 0 Å². The van der Waals surface area contributed by atoms with Crippen molar-refractivity contribution < 1.29 is 10.0 Å². The summed E-state index contributed by atoms with van der Waals surface area (Å²) in [4.78, 5) is 24.8. The van der Waals surface area contributed by atoms with Crippen LogP contribution in [0.4, 0.5) is 5.95 Å². The highest BCUT2D eigenvalue weighted by Crippen LogP contribution is 2.41. The number of likely N-dealkylation sites (tertiary alicyclic amines) is 1. The van der Waals surface area contributed by atoms with Crippen molar-refractivity contribution in [3.05, 3.63) is 18.0 Å². The number of amides is 1. The van der Waals surface area contributed by atoms with Gasteiger partial charge in [-0.25, -0.2) is 15.4 Å². The number of nitrogens with one attached hydrogen (secondary N) is 1. The summed E-state index contributed by atoms with van der Waals surface area (Å²) in [5.74, 6) is 1.07. The Morgan fingerprint density at radius 3 is 2.44 bits per heavy atom. The fourth-order valence-electron chi connectivity index (χ4n) is 5.07. The molecule has 0 atom stereocenters. The molecule has 0 bridgehead atoms. The summed E-state index contributed by atoms with van der Waals surface area (Å²) < 4.78 is 0.